The number of aryl methyl sites for hydroxylation is 2. The van der Waals surface area contributed by atoms with Crippen molar-refractivity contribution in [2.75, 3.05) is 0 Å². The van der Waals surface area contributed by atoms with Crippen molar-refractivity contribution >= 4 is 16.9 Å². The number of hydrogen-bond donors (Lipinski definition) is 0. The first kappa shape index (κ1) is 11.3. The van der Waals surface area contributed by atoms with E-state index in [9.17, 15) is 0 Å². The van der Waals surface area contributed by atoms with Crippen LogP contribution in [0.4, 0.5) is 0 Å². The first-order valence-corrected chi connectivity index (χ1v) is 5.91. The molecule has 1 heteroatoms. The van der Waals surface area contributed by atoms with E-state index >= 15 is 0 Å². The summed E-state index contributed by atoms with van der Waals surface area (Å²) in [7, 11) is 0. The Bertz CT molecular complexity index is 353. The van der Waals surface area contributed by atoms with Gasteiger partial charge in [-0.3, -0.25) is 0 Å². The minimum atomic E-state index is 1.10. The fraction of sp³-hybridized carbons (Fsp3) is 0.385. The fourth-order valence-corrected chi connectivity index (χ4v) is 2.45. The van der Waals surface area contributed by atoms with Crippen molar-refractivity contribution in [3.05, 3.63) is 39.6 Å². The Morgan fingerprint density at radius 3 is 2.57 bits per heavy atom. The molecular weight excluding hydrogens is 188 g/mol. The summed E-state index contributed by atoms with van der Waals surface area (Å²) in [5, 5.41) is 0. The van der Waals surface area contributed by atoms with E-state index in [0.29, 0.717) is 0 Å². The molecule has 0 spiro atoms. The standard InChI is InChI=1S/C13H18S/c1-5-7-8-12(6-2)13-9-10(3)14-11(13)4/h6-9H,5H2,1-4H3/b8-7-,12-6+. The molecule has 0 unspecified atom stereocenters. The zero-order chi connectivity index (χ0) is 10.6. The molecule has 0 amide bonds. The summed E-state index contributed by atoms with van der Waals surface area (Å²) in [5.74, 6) is 0. The molecule has 76 valence electrons. The van der Waals surface area contributed by atoms with Crippen molar-refractivity contribution in [2.24, 2.45) is 0 Å². The van der Waals surface area contributed by atoms with Gasteiger partial charge in [0.2, 0.25) is 0 Å². The largest absolute Gasteiger partial charge is 0.145 e. The maximum absolute atomic E-state index is 2.27. The number of hydrogen-bond acceptors (Lipinski definition) is 1. The molecule has 0 aromatic carbocycles. The summed E-state index contributed by atoms with van der Waals surface area (Å²) >= 11 is 1.87. The van der Waals surface area contributed by atoms with E-state index in [-0.39, 0.29) is 0 Å². The molecule has 1 aromatic rings. The second-order valence-corrected chi connectivity index (χ2v) is 4.84. The second kappa shape index (κ2) is 5.16. The quantitative estimate of drug-likeness (QED) is 0.627. The van der Waals surface area contributed by atoms with Crippen molar-refractivity contribution in [3.63, 3.8) is 0 Å². The van der Waals surface area contributed by atoms with E-state index in [1.54, 1.807) is 0 Å². The molecule has 0 nitrogen and oxygen atoms in total. The van der Waals surface area contributed by atoms with Gasteiger partial charge in [0.15, 0.2) is 0 Å². The summed E-state index contributed by atoms with van der Waals surface area (Å²) < 4.78 is 0. The van der Waals surface area contributed by atoms with Gasteiger partial charge in [-0.05, 0) is 44.4 Å². The molecule has 1 heterocycles. The minimum absolute atomic E-state index is 1.10. The van der Waals surface area contributed by atoms with Crippen LogP contribution in [-0.4, -0.2) is 0 Å². The van der Waals surface area contributed by atoms with E-state index in [2.05, 4.69) is 52.0 Å². The van der Waals surface area contributed by atoms with Gasteiger partial charge in [-0.15, -0.1) is 11.3 Å². The highest BCUT2D eigenvalue weighted by Gasteiger charge is 2.04. The molecule has 0 fully saturated rings. The Morgan fingerprint density at radius 1 is 1.43 bits per heavy atom. The summed E-state index contributed by atoms with van der Waals surface area (Å²) in [6.45, 7) is 8.62. The van der Waals surface area contributed by atoms with Crippen LogP contribution in [0.15, 0.2) is 24.3 Å². The molecule has 0 aliphatic rings. The van der Waals surface area contributed by atoms with E-state index < -0.39 is 0 Å². The monoisotopic (exact) mass is 206 g/mol. The van der Waals surface area contributed by atoms with Crippen LogP contribution < -0.4 is 0 Å². The van der Waals surface area contributed by atoms with E-state index in [1.807, 2.05) is 11.3 Å². The topological polar surface area (TPSA) is 0 Å². The molecule has 1 rings (SSSR count). The smallest absolute Gasteiger partial charge is 0.00952 e. The summed E-state index contributed by atoms with van der Waals surface area (Å²) in [6, 6.07) is 2.27. The normalized spacial score (nSPS) is 12.7. The summed E-state index contributed by atoms with van der Waals surface area (Å²) in [4.78, 5) is 2.80. The Labute approximate surface area is 91.0 Å². The van der Waals surface area contributed by atoms with E-state index in [4.69, 9.17) is 0 Å². The van der Waals surface area contributed by atoms with Crippen LogP contribution in [0, 0.1) is 13.8 Å². The van der Waals surface area contributed by atoms with Crippen LogP contribution >= 0.6 is 11.3 Å². The Balaban J connectivity index is 3.01. The van der Waals surface area contributed by atoms with Gasteiger partial charge in [-0.25, -0.2) is 0 Å². The van der Waals surface area contributed by atoms with Crippen molar-refractivity contribution < 1.29 is 0 Å². The van der Waals surface area contributed by atoms with Crippen LogP contribution in [0.25, 0.3) is 5.57 Å². The first-order chi connectivity index (χ1) is 6.69. The lowest BCUT2D eigenvalue weighted by molar-refractivity contribution is 1.22. The zero-order valence-electron chi connectivity index (χ0n) is 9.42. The third-order valence-corrected chi connectivity index (χ3v) is 3.16. The Morgan fingerprint density at radius 2 is 2.14 bits per heavy atom. The van der Waals surface area contributed by atoms with Crippen molar-refractivity contribution in [1.82, 2.24) is 0 Å². The molecule has 0 saturated carbocycles. The van der Waals surface area contributed by atoms with Gasteiger partial charge in [-0.2, -0.15) is 0 Å². The second-order valence-electron chi connectivity index (χ2n) is 3.38. The lowest BCUT2D eigenvalue weighted by Crippen LogP contribution is -1.79. The third-order valence-electron chi connectivity index (χ3n) is 2.20. The molecule has 1 aromatic heterocycles. The molecule has 0 atom stereocenters. The average molecular weight is 206 g/mol. The van der Waals surface area contributed by atoms with Gasteiger partial charge in [0.05, 0.1) is 0 Å². The molecule has 14 heavy (non-hydrogen) atoms. The predicted octanol–water partition coefficient (Wildman–Crippen LogP) is 4.73. The lowest BCUT2D eigenvalue weighted by Gasteiger charge is -1.99. The highest BCUT2D eigenvalue weighted by atomic mass is 32.1. The number of allylic oxidation sites excluding steroid dienone is 4. The van der Waals surface area contributed by atoms with Gasteiger partial charge < -0.3 is 0 Å². The van der Waals surface area contributed by atoms with Crippen LogP contribution in [0.2, 0.25) is 0 Å². The maximum atomic E-state index is 2.27. The molecule has 0 N–H and O–H groups in total. The van der Waals surface area contributed by atoms with Crippen LogP contribution in [-0.2, 0) is 0 Å². The van der Waals surface area contributed by atoms with Crippen molar-refractivity contribution in [3.8, 4) is 0 Å². The zero-order valence-corrected chi connectivity index (χ0v) is 10.2. The van der Waals surface area contributed by atoms with E-state index in [0.717, 1.165) is 6.42 Å². The van der Waals surface area contributed by atoms with Crippen molar-refractivity contribution in [1.29, 1.82) is 0 Å². The van der Waals surface area contributed by atoms with Crippen LogP contribution in [0.5, 0.6) is 0 Å². The van der Waals surface area contributed by atoms with Crippen molar-refractivity contribution in [2.45, 2.75) is 34.1 Å². The molecule has 0 saturated heterocycles. The average Bonchev–Trinajstić information content (AvgIpc) is 2.47. The van der Waals surface area contributed by atoms with E-state index in [1.165, 1.54) is 20.9 Å². The predicted molar refractivity (Wildman–Crippen MR) is 66.9 cm³/mol. The highest BCUT2D eigenvalue weighted by molar-refractivity contribution is 7.12. The SMILES string of the molecule is C/C=C(\C=C/CC)c1cc(C)sc1C. The van der Waals surface area contributed by atoms with Gasteiger partial charge in [0, 0.05) is 9.75 Å². The third kappa shape index (κ3) is 2.58. The minimum Gasteiger partial charge on any atom is -0.145 e. The molecule has 0 bridgehead atoms. The first-order valence-electron chi connectivity index (χ1n) is 5.09. The number of rotatable bonds is 3. The van der Waals surface area contributed by atoms with Gasteiger partial charge in [0.1, 0.15) is 0 Å². The molecular formula is C13H18S. The summed E-state index contributed by atoms with van der Waals surface area (Å²) in [6.07, 6.45) is 7.70. The number of thiophene rings is 1. The van der Waals surface area contributed by atoms with Gasteiger partial charge >= 0.3 is 0 Å². The van der Waals surface area contributed by atoms with Crippen LogP contribution in [0.3, 0.4) is 0 Å². The molecule has 0 aliphatic heterocycles. The fourth-order valence-electron chi connectivity index (χ4n) is 1.50. The van der Waals surface area contributed by atoms with Crippen LogP contribution in [0.1, 0.15) is 35.6 Å². The van der Waals surface area contributed by atoms with Gasteiger partial charge in [0.25, 0.3) is 0 Å². The Hall–Kier alpha value is -0.820. The Kier molecular flexibility index (Phi) is 4.15. The summed E-state index contributed by atoms with van der Waals surface area (Å²) in [5.41, 5.74) is 2.73. The van der Waals surface area contributed by atoms with Gasteiger partial charge in [-0.1, -0.05) is 25.2 Å². The maximum Gasteiger partial charge on any atom is 0.00952 e. The highest BCUT2D eigenvalue weighted by Crippen LogP contribution is 2.27. The molecule has 0 radical (unpaired) electrons. The molecule has 0 aliphatic carbocycles. The lowest BCUT2D eigenvalue weighted by atomic mass is 10.1.